The van der Waals surface area contributed by atoms with Crippen LogP contribution in [0.3, 0.4) is 0 Å². The molecule has 110 valence electrons. The first-order valence-corrected chi connectivity index (χ1v) is 6.92. The molecule has 20 heavy (non-hydrogen) atoms. The molecular formula is C17H24O3. The molecule has 0 N–H and O–H groups in total. The predicted octanol–water partition coefficient (Wildman–Crippen LogP) is 3.61. The van der Waals surface area contributed by atoms with Crippen molar-refractivity contribution < 1.29 is 14.3 Å². The Bertz CT molecular complexity index is 467. The van der Waals surface area contributed by atoms with Gasteiger partial charge in [0.25, 0.3) is 0 Å². The van der Waals surface area contributed by atoms with Crippen molar-refractivity contribution in [2.24, 2.45) is 11.3 Å². The zero-order valence-corrected chi connectivity index (χ0v) is 13.0. The van der Waals surface area contributed by atoms with Crippen LogP contribution in [0.15, 0.2) is 35.5 Å². The predicted molar refractivity (Wildman–Crippen MR) is 80.2 cm³/mol. The topological polar surface area (TPSA) is 43.4 Å². The van der Waals surface area contributed by atoms with E-state index in [4.69, 9.17) is 4.74 Å². The molecule has 0 spiro atoms. The number of hydrogen-bond acceptors (Lipinski definition) is 3. The molecule has 0 radical (unpaired) electrons. The highest BCUT2D eigenvalue weighted by atomic mass is 16.5. The molecule has 0 bridgehead atoms. The van der Waals surface area contributed by atoms with Crippen molar-refractivity contribution in [3.63, 3.8) is 0 Å². The summed E-state index contributed by atoms with van der Waals surface area (Å²) in [4.78, 5) is 21.5. The number of esters is 1. The molecule has 0 aromatic heterocycles. The Morgan fingerprint density at radius 2 is 2.05 bits per heavy atom. The van der Waals surface area contributed by atoms with E-state index in [1.165, 1.54) is 12.5 Å². The number of hydrogen-bond donors (Lipinski definition) is 0. The van der Waals surface area contributed by atoms with Gasteiger partial charge in [0.1, 0.15) is 12.4 Å². The number of aldehydes is 1. The normalized spacial score (nSPS) is 26.2. The van der Waals surface area contributed by atoms with Gasteiger partial charge in [-0.2, -0.15) is 0 Å². The van der Waals surface area contributed by atoms with Gasteiger partial charge in [-0.1, -0.05) is 31.6 Å². The van der Waals surface area contributed by atoms with Crippen LogP contribution in [0.25, 0.3) is 0 Å². The fourth-order valence-electron chi connectivity index (χ4n) is 2.83. The summed E-state index contributed by atoms with van der Waals surface area (Å²) in [6.45, 7) is 9.75. The molecule has 1 aliphatic rings. The number of carbonyl (C=O) groups excluding carboxylic acids is 2. The number of allylic oxidation sites excluding steroid dienone is 5. The molecule has 0 unspecified atom stereocenters. The Hall–Kier alpha value is -1.64. The standard InChI is InChI=1S/C17H24O3/c1-12(8-9-18)6-7-16-13(2)10-15(20-14(3)19)11-17(16,4)5/h6-10,15-16H,11H2,1-5H3/b7-6+,12-8+/t15-,16+/m1/s1. The van der Waals surface area contributed by atoms with Crippen LogP contribution < -0.4 is 0 Å². The Labute approximate surface area is 121 Å². The largest absolute Gasteiger partial charge is 0.458 e. The summed E-state index contributed by atoms with van der Waals surface area (Å²) < 4.78 is 5.31. The van der Waals surface area contributed by atoms with Crippen LogP contribution in [0.4, 0.5) is 0 Å². The Kier molecular flexibility index (Phi) is 5.49. The molecular weight excluding hydrogens is 252 g/mol. The highest BCUT2D eigenvalue weighted by molar-refractivity contribution is 5.67. The minimum atomic E-state index is -0.242. The first-order chi connectivity index (χ1) is 9.26. The fraction of sp³-hybridized carbons (Fsp3) is 0.529. The molecule has 0 saturated carbocycles. The van der Waals surface area contributed by atoms with Crippen LogP contribution in [-0.4, -0.2) is 18.4 Å². The van der Waals surface area contributed by atoms with E-state index in [1.807, 2.05) is 19.1 Å². The Morgan fingerprint density at radius 1 is 1.40 bits per heavy atom. The van der Waals surface area contributed by atoms with Crippen molar-refractivity contribution in [2.45, 2.75) is 47.1 Å². The molecule has 3 nitrogen and oxygen atoms in total. The van der Waals surface area contributed by atoms with Gasteiger partial charge >= 0.3 is 5.97 Å². The van der Waals surface area contributed by atoms with Gasteiger partial charge in [-0.15, -0.1) is 0 Å². The van der Waals surface area contributed by atoms with Gasteiger partial charge in [-0.3, -0.25) is 9.59 Å². The van der Waals surface area contributed by atoms with Gasteiger partial charge in [0, 0.05) is 12.8 Å². The fourth-order valence-corrected chi connectivity index (χ4v) is 2.83. The molecule has 0 amide bonds. The van der Waals surface area contributed by atoms with Crippen molar-refractivity contribution in [1.29, 1.82) is 0 Å². The molecule has 0 aliphatic heterocycles. The third-order valence-electron chi connectivity index (χ3n) is 3.71. The summed E-state index contributed by atoms with van der Waals surface area (Å²) in [6.07, 6.45) is 9.14. The molecule has 0 aromatic carbocycles. The van der Waals surface area contributed by atoms with Crippen LogP contribution in [0.1, 0.15) is 41.0 Å². The van der Waals surface area contributed by atoms with E-state index in [2.05, 4.69) is 26.8 Å². The van der Waals surface area contributed by atoms with Crippen molar-refractivity contribution in [3.8, 4) is 0 Å². The van der Waals surface area contributed by atoms with Crippen LogP contribution in [0.5, 0.6) is 0 Å². The minimum absolute atomic E-state index is 0.0108. The van der Waals surface area contributed by atoms with Gasteiger partial charge in [0.2, 0.25) is 0 Å². The van der Waals surface area contributed by atoms with Crippen molar-refractivity contribution in [1.82, 2.24) is 0 Å². The Balaban J connectivity index is 2.94. The summed E-state index contributed by atoms with van der Waals surface area (Å²) in [7, 11) is 0. The van der Waals surface area contributed by atoms with Crippen molar-refractivity contribution in [2.75, 3.05) is 0 Å². The SMILES string of the molecule is CC(=O)O[C@@H]1C=C(C)[C@H](/C=C/C(C)=C/C=O)C(C)(C)C1. The third kappa shape index (κ3) is 4.48. The molecule has 1 aliphatic carbocycles. The average molecular weight is 276 g/mol. The van der Waals surface area contributed by atoms with Crippen LogP contribution in [0, 0.1) is 11.3 Å². The summed E-state index contributed by atoms with van der Waals surface area (Å²) in [6, 6.07) is 0. The molecule has 2 atom stereocenters. The summed E-state index contributed by atoms with van der Waals surface area (Å²) in [5.41, 5.74) is 2.14. The highest BCUT2D eigenvalue weighted by Gasteiger charge is 2.36. The smallest absolute Gasteiger partial charge is 0.303 e. The lowest BCUT2D eigenvalue weighted by Gasteiger charge is -2.39. The van der Waals surface area contributed by atoms with Gasteiger partial charge in [-0.25, -0.2) is 0 Å². The highest BCUT2D eigenvalue weighted by Crippen LogP contribution is 2.42. The molecule has 0 fully saturated rings. The van der Waals surface area contributed by atoms with Crippen molar-refractivity contribution in [3.05, 3.63) is 35.5 Å². The second-order valence-electron chi connectivity index (χ2n) is 6.13. The maximum Gasteiger partial charge on any atom is 0.303 e. The second kappa shape index (κ2) is 6.69. The number of carbonyl (C=O) groups is 2. The molecule has 0 saturated heterocycles. The van der Waals surface area contributed by atoms with Gasteiger partial charge in [0.05, 0.1) is 0 Å². The van der Waals surface area contributed by atoms with Crippen LogP contribution in [-0.2, 0) is 14.3 Å². The monoisotopic (exact) mass is 276 g/mol. The summed E-state index contributed by atoms with van der Waals surface area (Å²) in [5, 5.41) is 0. The van der Waals surface area contributed by atoms with Gasteiger partial charge in [-0.05, 0) is 43.4 Å². The lowest BCUT2D eigenvalue weighted by Crippen LogP contribution is -2.34. The lowest BCUT2D eigenvalue weighted by atomic mass is 9.67. The van der Waals surface area contributed by atoms with E-state index in [1.54, 1.807) is 6.08 Å². The average Bonchev–Trinajstić information content (AvgIpc) is 2.25. The molecule has 0 aromatic rings. The maximum atomic E-state index is 11.1. The summed E-state index contributed by atoms with van der Waals surface area (Å²) >= 11 is 0. The van der Waals surface area contributed by atoms with Gasteiger partial charge < -0.3 is 4.74 Å². The van der Waals surface area contributed by atoms with Crippen LogP contribution >= 0.6 is 0 Å². The first kappa shape index (κ1) is 16.4. The quantitative estimate of drug-likeness (QED) is 0.259. The van der Waals surface area contributed by atoms with Crippen LogP contribution in [0.2, 0.25) is 0 Å². The molecule has 0 heterocycles. The Morgan fingerprint density at radius 3 is 2.55 bits per heavy atom. The van der Waals surface area contributed by atoms with E-state index in [0.29, 0.717) is 0 Å². The number of rotatable bonds is 4. The van der Waals surface area contributed by atoms with E-state index in [9.17, 15) is 9.59 Å². The lowest BCUT2D eigenvalue weighted by molar-refractivity contribution is -0.145. The third-order valence-corrected chi connectivity index (χ3v) is 3.71. The maximum absolute atomic E-state index is 11.1. The second-order valence-corrected chi connectivity index (χ2v) is 6.13. The van der Waals surface area contributed by atoms with E-state index in [0.717, 1.165) is 18.3 Å². The molecule has 1 rings (SSSR count). The van der Waals surface area contributed by atoms with Gasteiger partial charge in [0.15, 0.2) is 0 Å². The first-order valence-electron chi connectivity index (χ1n) is 6.92. The zero-order chi connectivity index (χ0) is 15.3. The van der Waals surface area contributed by atoms with E-state index >= 15 is 0 Å². The summed E-state index contributed by atoms with van der Waals surface area (Å²) in [5.74, 6) is 0.0397. The number of ether oxygens (including phenoxy) is 1. The van der Waals surface area contributed by atoms with E-state index < -0.39 is 0 Å². The minimum Gasteiger partial charge on any atom is -0.458 e. The molecule has 3 heteroatoms. The van der Waals surface area contributed by atoms with Crippen molar-refractivity contribution >= 4 is 12.3 Å². The zero-order valence-electron chi connectivity index (χ0n) is 13.0. The van der Waals surface area contributed by atoms with E-state index in [-0.39, 0.29) is 23.4 Å².